The first-order chi connectivity index (χ1) is 14.8. The Balaban J connectivity index is 1.57. The molecule has 1 aliphatic rings. The van der Waals surface area contributed by atoms with Crippen molar-refractivity contribution in [1.82, 2.24) is 14.5 Å². The molecule has 7 heteroatoms. The minimum atomic E-state index is -4.42. The van der Waals surface area contributed by atoms with Crippen molar-refractivity contribution in [2.75, 3.05) is 6.54 Å². The van der Waals surface area contributed by atoms with E-state index >= 15 is 0 Å². The van der Waals surface area contributed by atoms with Gasteiger partial charge in [0.15, 0.2) is 0 Å². The van der Waals surface area contributed by atoms with E-state index in [9.17, 15) is 18.0 Å². The van der Waals surface area contributed by atoms with Gasteiger partial charge in [-0.3, -0.25) is 4.79 Å². The van der Waals surface area contributed by atoms with Crippen molar-refractivity contribution in [3.63, 3.8) is 0 Å². The second-order valence-electron chi connectivity index (χ2n) is 8.12. The molecule has 162 valence electrons. The standard InChI is InChI=1S/C24H24F3N3O/c1-17-6-10-19(11-7-17)23(31)30(14-18-8-9-18)16-22-28-12-13-29(22)15-20-4-2-3-5-21(20)24(25,26)27/h2-7,10-13,18H,8-9,14-16H2,1H3. The highest BCUT2D eigenvalue weighted by Crippen LogP contribution is 2.33. The van der Waals surface area contributed by atoms with E-state index in [1.807, 2.05) is 31.2 Å². The van der Waals surface area contributed by atoms with Crippen molar-refractivity contribution in [3.05, 3.63) is 89.0 Å². The van der Waals surface area contributed by atoms with Crippen LogP contribution in [0.15, 0.2) is 60.9 Å². The summed E-state index contributed by atoms with van der Waals surface area (Å²) in [5.41, 5.74) is 1.20. The first-order valence-electron chi connectivity index (χ1n) is 10.3. The fourth-order valence-electron chi connectivity index (χ4n) is 3.63. The van der Waals surface area contributed by atoms with Gasteiger partial charge in [0.25, 0.3) is 5.91 Å². The van der Waals surface area contributed by atoms with Crippen LogP contribution in [-0.2, 0) is 19.3 Å². The molecule has 1 amide bonds. The van der Waals surface area contributed by atoms with E-state index < -0.39 is 11.7 Å². The van der Waals surface area contributed by atoms with Crippen molar-refractivity contribution in [2.45, 2.75) is 39.0 Å². The van der Waals surface area contributed by atoms with Crippen LogP contribution in [0.5, 0.6) is 0 Å². The summed E-state index contributed by atoms with van der Waals surface area (Å²) in [7, 11) is 0. The second kappa shape index (κ2) is 8.57. The molecule has 1 saturated carbocycles. The summed E-state index contributed by atoms with van der Waals surface area (Å²) >= 11 is 0. The molecule has 2 aromatic carbocycles. The lowest BCUT2D eigenvalue weighted by molar-refractivity contribution is -0.138. The lowest BCUT2D eigenvalue weighted by Gasteiger charge is -2.23. The Bertz CT molecular complexity index is 1050. The van der Waals surface area contributed by atoms with Gasteiger partial charge in [-0.15, -0.1) is 0 Å². The molecule has 3 aromatic rings. The minimum Gasteiger partial charge on any atom is -0.331 e. The number of aryl methyl sites for hydroxylation is 1. The Kier molecular flexibility index (Phi) is 5.85. The van der Waals surface area contributed by atoms with Crippen LogP contribution in [0.4, 0.5) is 13.2 Å². The zero-order valence-electron chi connectivity index (χ0n) is 17.3. The number of carbonyl (C=O) groups excluding carboxylic acids is 1. The van der Waals surface area contributed by atoms with Gasteiger partial charge in [-0.25, -0.2) is 4.98 Å². The summed E-state index contributed by atoms with van der Waals surface area (Å²) in [6, 6.07) is 13.0. The van der Waals surface area contributed by atoms with Gasteiger partial charge in [-0.2, -0.15) is 13.2 Å². The van der Waals surface area contributed by atoms with Crippen molar-refractivity contribution >= 4 is 5.91 Å². The Morgan fingerprint density at radius 1 is 1.13 bits per heavy atom. The maximum atomic E-state index is 13.4. The van der Waals surface area contributed by atoms with Gasteiger partial charge in [0.2, 0.25) is 0 Å². The number of halogens is 3. The molecule has 0 saturated heterocycles. The highest BCUT2D eigenvalue weighted by molar-refractivity contribution is 5.94. The van der Waals surface area contributed by atoms with E-state index in [0.717, 1.165) is 24.5 Å². The summed E-state index contributed by atoms with van der Waals surface area (Å²) in [5.74, 6) is 0.957. The van der Waals surface area contributed by atoms with E-state index in [2.05, 4.69) is 4.98 Å². The first kappa shape index (κ1) is 21.2. The van der Waals surface area contributed by atoms with Gasteiger partial charge in [0, 0.05) is 31.0 Å². The number of benzene rings is 2. The van der Waals surface area contributed by atoms with Crippen LogP contribution in [0.1, 0.15) is 45.7 Å². The minimum absolute atomic E-state index is 0.0427. The van der Waals surface area contributed by atoms with Gasteiger partial charge < -0.3 is 9.47 Å². The molecule has 31 heavy (non-hydrogen) atoms. The Hall–Kier alpha value is -3.09. The van der Waals surface area contributed by atoms with Gasteiger partial charge in [0.05, 0.1) is 12.1 Å². The average molecular weight is 427 g/mol. The molecule has 4 nitrogen and oxygen atoms in total. The van der Waals surface area contributed by atoms with Crippen molar-refractivity contribution in [1.29, 1.82) is 0 Å². The SMILES string of the molecule is Cc1ccc(C(=O)N(Cc2nccn2Cc2ccccc2C(F)(F)F)CC2CC2)cc1. The summed E-state index contributed by atoms with van der Waals surface area (Å²) in [6.07, 6.45) is 0.984. The third kappa shape index (κ3) is 5.16. The van der Waals surface area contributed by atoms with Crippen molar-refractivity contribution < 1.29 is 18.0 Å². The van der Waals surface area contributed by atoms with Gasteiger partial charge in [-0.1, -0.05) is 35.9 Å². The molecule has 1 fully saturated rings. The number of imidazole rings is 1. The van der Waals surface area contributed by atoms with Crippen LogP contribution in [-0.4, -0.2) is 26.9 Å². The van der Waals surface area contributed by atoms with Crippen molar-refractivity contribution in [3.8, 4) is 0 Å². The quantitative estimate of drug-likeness (QED) is 0.513. The van der Waals surface area contributed by atoms with E-state index in [-0.39, 0.29) is 24.6 Å². The normalized spacial score (nSPS) is 13.9. The smallest absolute Gasteiger partial charge is 0.331 e. The summed E-state index contributed by atoms with van der Waals surface area (Å²) in [5, 5.41) is 0. The maximum Gasteiger partial charge on any atom is 0.416 e. The van der Waals surface area contributed by atoms with Crippen molar-refractivity contribution in [2.24, 2.45) is 5.92 Å². The Morgan fingerprint density at radius 3 is 2.52 bits per heavy atom. The van der Waals surface area contributed by atoms with E-state index in [1.165, 1.54) is 12.1 Å². The zero-order valence-corrected chi connectivity index (χ0v) is 17.3. The van der Waals surface area contributed by atoms with Gasteiger partial charge >= 0.3 is 6.18 Å². The lowest BCUT2D eigenvalue weighted by Crippen LogP contribution is -2.33. The third-order valence-corrected chi connectivity index (χ3v) is 5.56. The molecule has 0 spiro atoms. The predicted molar refractivity (Wildman–Crippen MR) is 111 cm³/mol. The Morgan fingerprint density at radius 2 is 1.84 bits per heavy atom. The maximum absolute atomic E-state index is 13.4. The molecule has 0 atom stereocenters. The molecule has 0 N–H and O–H groups in total. The molecule has 0 unspecified atom stereocenters. The average Bonchev–Trinajstić information content (AvgIpc) is 3.45. The molecule has 0 bridgehead atoms. The molecule has 1 aromatic heterocycles. The Labute approximate surface area is 179 Å². The topological polar surface area (TPSA) is 38.1 Å². The molecule has 1 heterocycles. The van der Waals surface area contributed by atoms with Crippen LogP contribution in [0.2, 0.25) is 0 Å². The molecule has 1 aliphatic carbocycles. The molecular formula is C24H24F3N3O. The van der Waals surface area contributed by atoms with E-state index in [4.69, 9.17) is 0 Å². The van der Waals surface area contributed by atoms with E-state index in [0.29, 0.717) is 23.9 Å². The summed E-state index contributed by atoms with van der Waals surface area (Å²) < 4.78 is 41.8. The summed E-state index contributed by atoms with van der Waals surface area (Å²) in [6.45, 7) is 2.88. The van der Waals surface area contributed by atoms with Gasteiger partial charge in [-0.05, 0) is 49.4 Å². The number of aromatic nitrogens is 2. The highest BCUT2D eigenvalue weighted by Gasteiger charge is 2.33. The van der Waals surface area contributed by atoms with Crippen LogP contribution in [0.3, 0.4) is 0 Å². The number of hydrogen-bond acceptors (Lipinski definition) is 2. The number of hydrogen-bond donors (Lipinski definition) is 0. The van der Waals surface area contributed by atoms with Crippen LogP contribution in [0, 0.1) is 12.8 Å². The number of nitrogens with zero attached hydrogens (tertiary/aromatic N) is 3. The third-order valence-electron chi connectivity index (χ3n) is 5.56. The van der Waals surface area contributed by atoms with E-state index in [1.54, 1.807) is 27.9 Å². The largest absolute Gasteiger partial charge is 0.416 e. The van der Waals surface area contributed by atoms with Crippen LogP contribution >= 0.6 is 0 Å². The fraction of sp³-hybridized carbons (Fsp3) is 0.333. The number of amides is 1. The van der Waals surface area contributed by atoms with Crippen LogP contribution < -0.4 is 0 Å². The number of carbonyl (C=O) groups is 1. The first-order valence-corrected chi connectivity index (χ1v) is 10.3. The zero-order chi connectivity index (χ0) is 22.0. The molecule has 4 rings (SSSR count). The number of rotatable bonds is 7. The molecule has 0 radical (unpaired) electrons. The monoisotopic (exact) mass is 427 g/mol. The lowest BCUT2D eigenvalue weighted by atomic mass is 10.1. The summed E-state index contributed by atoms with van der Waals surface area (Å²) in [4.78, 5) is 19.3. The fourth-order valence-corrected chi connectivity index (χ4v) is 3.63. The molecule has 0 aliphatic heterocycles. The van der Waals surface area contributed by atoms with Gasteiger partial charge in [0.1, 0.15) is 5.82 Å². The predicted octanol–water partition coefficient (Wildman–Crippen LogP) is 5.31. The number of alkyl halides is 3. The molecular weight excluding hydrogens is 403 g/mol. The van der Waals surface area contributed by atoms with Crippen LogP contribution in [0.25, 0.3) is 0 Å². The highest BCUT2D eigenvalue weighted by atomic mass is 19.4. The second-order valence-corrected chi connectivity index (χ2v) is 8.12.